The number of hydrogen-bond acceptors (Lipinski definition) is 2. The van der Waals surface area contributed by atoms with Crippen LogP contribution in [0.15, 0.2) is 0 Å². The molecule has 9 heavy (non-hydrogen) atoms. The van der Waals surface area contributed by atoms with Gasteiger partial charge in [0, 0.05) is 0 Å². The molecule has 0 heterocycles. The lowest BCUT2D eigenvalue weighted by molar-refractivity contribution is -0.0479. The minimum absolute atomic E-state index is 0. The number of ether oxygens (including phenoxy) is 1. The molecular formula is C6H16FNO. The second-order valence-corrected chi connectivity index (χ2v) is 2.94. The van der Waals surface area contributed by atoms with Crippen molar-refractivity contribution in [1.82, 2.24) is 0 Å². The van der Waals surface area contributed by atoms with Gasteiger partial charge in [0.2, 0.25) is 0 Å². The summed E-state index contributed by atoms with van der Waals surface area (Å²) < 4.78 is 5.22. The molecule has 0 aromatic rings. The van der Waals surface area contributed by atoms with Crippen molar-refractivity contribution in [2.24, 2.45) is 5.73 Å². The number of rotatable bonds is 1. The van der Waals surface area contributed by atoms with Gasteiger partial charge in [0.15, 0.2) is 0 Å². The smallest absolute Gasteiger partial charge is 0.103 e. The van der Waals surface area contributed by atoms with Gasteiger partial charge in [-0.1, -0.05) is 0 Å². The molecule has 0 rings (SSSR count). The zero-order chi connectivity index (χ0) is 6.78. The maximum atomic E-state index is 5.36. The normalized spacial score (nSPS) is 14.3. The van der Waals surface area contributed by atoms with Gasteiger partial charge in [-0.15, -0.1) is 0 Å². The van der Waals surface area contributed by atoms with Crippen LogP contribution < -0.4 is 5.73 Å². The average molecular weight is 137 g/mol. The molecule has 0 saturated carbocycles. The Morgan fingerprint density at radius 3 is 1.67 bits per heavy atom. The standard InChI is InChI=1S/C6H15NO.FH/c1-5(7)8-6(2,3)4;/h5H,7H2,1-4H3;1H. The maximum Gasteiger partial charge on any atom is 0.103 e. The molecule has 3 heteroatoms. The molecule has 0 aromatic heterocycles. The molecule has 0 saturated heterocycles. The van der Waals surface area contributed by atoms with Gasteiger partial charge in [0.1, 0.15) is 6.23 Å². The fourth-order valence-corrected chi connectivity index (χ4v) is 0.558. The van der Waals surface area contributed by atoms with E-state index in [0.717, 1.165) is 0 Å². The summed E-state index contributed by atoms with van der Waals surface area (Å²) in [5.41, 5.74) is 5.25. The molecule has 2 N–H and O–H groups in total. The lowest BCUT2D eigenvalue weighted by Gasteiger charge is -2.21. The van der Waals surface area contributed by atoms with Crippen molar-refractivity contribution >= 4 is 0 Å². The summed E-state index contributed by atoms with van der Waals surface area (Å²) in [6, 6.07) is 0. The van der Waals surface area contributed by atoms with Crippen molar-refractivity contribution in [2.75, 3.05) is 0 Å². The fraction of sp³-hybridized carbons (Fsp3) is 1.00. The monoisotopic (exact) mass is 137 g/mol. The molecule has 0 amide bonds. The van der Waals surface area contributed by atoms with Crippen LogP contribution in [0.3, 0.4) is 0 Å². The van der Waals surface area contributed by atoms with Crippen LogP contribution in [0.1, 0.15) is 27.7 Å². The van der Waals surface area contributed by atoms with Crippen molar-refractivity contribution in [3.8, 4) is 0 Å². The summed E-state index contributed by atoms with van der Waals surface area (Å²) in [7, 11) is 0. The van der Waals surface area contributed by atoms with E-state index >= 15 is 0 Å². The Morgan fingerprint density at radius 2 is 1.67 bits per heavy atom. The quantitative estimate of drug-likeness (QED) is 0.552. The first-order valence-corrected chi connectivity index (χ1v) is 2.85. The third-order valence-electron chi connectivity index (χ3n) is 0.539. The summed E-state index contributed by atoms with van der Waals surface area (Å²) in [6.45, 7) is 7.77. The van der Waals surface area contributed by atoms with Gasteiger partial charge in [-0.05, 0) is 27.7 Å². The predicted molar refractivity (Wildman–Crippen MR) is 37.0 cm³/mol. The Balaban J connectivity index is 0. The highest BCUT2D eigenvalue weighted by Gasteiger charge is 2.11. The molecule has 0 aliphatic carbocycles. The Hall–Kier alpha value is -0.150. The van der Waals surface area contributed by atoms with Crippen LogP contribution in [0.5, 0.6) is 0 Å². The minimum atomic E-state index is -0.157. The molecular weight excluding hydrogens is 121 g/mol. The second kappa shape index (κ2) is 3.80. The van der Waals surface area contributed by atoms with E-state index in [0.29, 0.717) is 0 Å². The van der Waals surface area contributed by atoms with Gasteiger partial charge in [0.05, 0.1) is 5.60 Å². The largest absolute Gasteiger partial charge is 0.358 e. The van der Waals surface area contributed by atoms with E-state index in [9.17, 15) is 0 Å². The zero-order valence-corrected chi connectivity index (χ0v) is 6.47. The van der Waals surface area contributed by atoms with Gasteiger partial charge in [-0.2, -0.15) is 0 Å². The highest BCUT2D eigenvalue weighted by Crippen LogP contribution is 2.06. The van der Waals surface area contributed by atoms with Crippen molar-refractivity contribution in [3.05, 3.63) is 0 Å². The first kappa shape index (κ1) is 11.6. The van der Waals surface area contributed by atoms with Gasteiger partial charge in [0.25, 0.3) is 0 Å². The van der Waals surface area contributed by atoms with E-state index in [2.05, 4.69) is 0 Å². The summed E-state index contributed by atoms with van der Waals surface area (Å²) in [5, 5.41) is 0. The topological polar surface area (TPSA) is 35.2 Å². The number of nitrogens with two attached hydrogens (primary N) is 1. The molecule has 0 radical (unpaired) electrons. The summed E-state index contributed by atoms with van der Waals surface area (Å²) in [6.07, 6.45) is -0.157. The molecule has 1 unspecified atom stereocenters. The average Bonchev–Trinajstić information content (AvgIpc) is 1.21. The van der Waals surface area contributed by atoms with Crippen LogP contribution in [-0.4, -0.2) is 11.8 Å². The minimum Gasteiger partial charge on any atom is -0.358 e. The number of halogens is 1. The highest BCUT2D eigenvalue weighted by atomic mass is 19.0. The molecule has 0 aliphatic heterocycles. The van der Waals surface area contributed by atoms with E-state index in [1.54, 1.807) is 0 Å². The van der Waals surface area contributed by atoms with Crippen molar-refractivity contribution in [1.29, 1.82) is 0 Å². The lowest BCUT2D eigenvalue weighted by Crippen LogP contribution is -2.30. The fourth-order valence-electron chi connectivity index (χ4n) is 0.558. The molecule has 1 atom stereocenters. The van der Waals surface area contributed by atoms with E-state index < -0.39 is 0 Å². The van der Waals surface area contributed by atoms with Gasteiger partial charge >= 0.3 is 0 Å². The Kier molecular flexibility index (Phi) is 4.90. The maximum absolute atomic E-state index is 5.36. The molecule has 0 aromatic carbocycles. The van der Waals surface area contributed by atoms with Crippen molar-refractivity contribution < 1.29 is 9.44 Å². The molecule has 0 fully saturated rings. The van der Waals surface area contributed by atoms with Crippen LogP contribution in [0.4, 0.5) is 4.70 Å². The van der Waals surface area contributed by atoms with Crippen LogP contribution in [-0.2, 0) is 4.74 Å². The van der Waals surface area contributed by atoms with Gasteiger partial charge in [-0.25, -0.2) is 0 Å². The Morgan fingerprint density at radius 1 is 1.33 bits per heavy atom. The van der Waals surface area contributed by atoms with Crippen LogP contribution in [0, 0.1) is 0 Å². The molecule has 2 nitrogen and oxygen atoms in total. The molecule has 0 spiro atoms. The summed E-state index contributed by atoms with van der Waals surface area (Å²) in [4.78, 5) is 0. The lowest BCUT2D eigenvalue weighted by atomic mass is 10.2. The van der Waals surface area contributed by atoms with Crippen LogP contribution >= 0.6 is 0 Å². The van der Waals surface area contributed by atoms with E-state index in [-0.39, 0.29) is 16.5 Å². The van der Waals surface area contributed by atoms with E-state index in [1.165, 1.54) is 0 Å². The van der Waals surface area contributed by atoms with Crippen LogP contribution in [0.2, 0.25) is 0 Å². The summed E-state index contributed by atoms with van der Waals surface area (Å²) >= 11 is 0. The Bertz CT molecular complexity index is 67.9. The SMILES string of the molecule is CC(N)OC(C)(C)C.F. The van der Waals surface area contributed by atoms with Gasteiger partial charge < -0.3 is 10.5 Å². The second-order valence-electron chi connectivity index (χ2n) is 2.94. The molecule has 0 aliphatic rings. The molecule has 58 valence electrons. The first-order chi connectivity index (χ1) is 3.42. The van der Waals surface area contributed by atoms with Gasteiger partial charge in [-0.3, -0.25) is 4.70 Å². The van der Waals surface area contributed by atoms with Crippen molar-refractivity contribution in [2.45, 2.75) is 39.5 Å². The summed E-state index contributed by atoms with van der Waals surface area (Å²) in [5.74, 6) is 0. The number of hydrogen-bond donors (Lipinski definition) is 1. The van der Waals surface area contributed by atoms with E-state index in [1.807, 2.05) is 27.7 Å². The van der Waals surface area contributed by atoms with Crippen molar-refractivity contribution in [3.63, 3.8) is 0 Å². The van der Waals surface area contributed by atoms with Crippen LogP contribution in [0.25, 0.3) is 0 Å². The zero-order valence-electron chi connectivity index (χ0n) is 6.47. The Labute approximate surface area is 55.7 Å². The van der Waals surface area contributed by atoms with E-state index in [4.69, 9.17) is 10.5 Å². The third-order valence-corrected chi connectivity index (χ3v) is 0.539. The molecule has 0 bridgehead atoms. The predicted octanol–water partition coefficient (Wildman–Crippen LogP) is 1.26. The third kappa shape index (κ3) is 11.4. The first-order valence-electron chi connectivity index (χ1n) is 2.85. The highest BCUT2D eigenvalue weighted by molar-refractivity contribution is 4.59.